The van der Waals surface area contributed by atoms with E-state index >= 15 is 0 Å². The lowest BCUT2D eigenvalue weighted by Crippen LogP contribution is -2.22. The maximum absolute atomic E-state index is 10.6. The molecule has 4 nitrogen and oxygen atoms in total. The van der Waals surface area contributed by atoms with Crippen molar-refractivity contribution in [3.8, 4) is 0 Å². The second-order valence-corrected chi connectivity index (χ2v) is 3.68. The maximum atomic E-state index is 10.6. The van der Waals surface area contributed by atoms with E-state index in [1.165, 1.54) is 0 Å². The minimum atomic E-state index is -0.931. The maximum Gasteiger partial charge on any atom is 0.307 e. The van der Waals surface area contributed by atoms with Crippen LogP contribution < -0.4 is 5.73 Å². The van der Waals surface area contributed by atoms with Gasteiger partial charge in [-0.3, -0.25) is 9.59 Å². The molecule has 0 aliphatic rings. The molecule has 0 unspecified atom stereocenters. The van der Waals surface area contributed by atoms with Gasteiger partial charge in [-0.1, -0.05) is 20.3 Å². The SMILES string of the molecule is CC(C)CC[C@@H](CC(N)=O)C(=O)O. The van der Waals surface area contributed by atoms with Crippen LogP contribution in [0.15, 0.2) is 0 Å². The Morgan fingerprint density at radius 1 is 1.31 bits per heavy atom. The fraction of sp³-hybridized carbons (Fsp3) is 0.778. The highest BCUT2D eigenvalue weighted by atomic mass is 16.4. The van der Waals surface area contributed by atoms with Crippen LogP contribution in [0.25, 0.3) is 0 Å². The van der Waals surface area contributed by atoms with Gasteiger partial charge in [0.15, 0.2) is 0 Å². The standard InChI is InChI=1S/C9H17NO3/c1-6(2)3-4-7(9(12)13)5-8(10)11/h6-7H,3-5H2,1-2H3,(H2,10,11)(H,12,13)/t7-/m0/s1. The first-order valence-electron chi connectivity index (χ1n) is 4.44. The summed E-state index contributed by atoms with van der Waals surface area (Å²) < 4.78 is 0. The number of aliphatic carboxylic acids is 1. The first-order chi connectivity index (χ1) is 5.93. The fourth-order valence-corrected chi connectivity index (χ4v) is 1.09. The first kappa shape index (κ1) is 11.9. The van der Waals surface area contributed by atoms with Crippen LogP contribution >= 0.6 is 0 Å². The molecule has 0 saturated heterocycles. The first-order valence-corrected chi connectivity index (χ1v) is 4.44. The molecule has 76 valence electrons. The van der Waals surface area contributed by atoms with E-state index in [0.29, 0.717) is 12.3 Å². The predicted molar refractivity (Wildman–Crippen MR) is 49.0 cm³/mol. The summed E-state index contributed by atoms with van der Waals surface area (Å²) in [4.78, 5) is 21.2. The van der Waals surface area contributed by atoms with E-state index in [1.807, 2.05) is 13.8 Å². The number of carbonyl (C=O) groups is 2. The van der Waals surface area contributed by atoms with Crippen LogP contribution in [0.3, 0.4) is 0 Å². The van der Waals surface area contributed by atoms with Crippen molar-refractivity contribution in [2.75, 3.05) is 0 Å². The molecule has 0 aromatic heterocycles. The number of carboxylic acid groups (broad SMARTS) is 1. The quantitative estimate of drug-likeness (QED) is 0.650. The molecule has 0 radical (unpaired) electrons. The summed E-state index contributed by atoms with van der Waals surface area (Å²) >= 11 is 0. The second kappa shape index (κ2) is 5.56. The summed E-state index contributed by atoms with van der Waals surface area (Å²) in [7, 11) is 0. The van der Waals surface area contributed by atoms with E-state index in [9.17, 15) is 9.59 Å². The van der Waals surface area contributed by atoms with Crippen LogP contribution in [0.1, 0.15) is 33.1 Å². The smallest absolute Gasteiger partial charge is 0.307 e. The van der Waals surface area contributed by atoms with Gasteiger partial charge in [0.2, 0.25) is 5.91 Å². The molecule has 3 N–H and O–H groups in total. The van der Waals surface area contributed by atoms with Gasteiger partial charge >= 0.3 is 5.97 Å². The highest BCUT2D eigenvalue weighted by Gasteiger charge is 2.19. The molecular formula is C9H17NO3. The van der Waals surface area contributed by atoms with Crippen molar-refractivity contribution in [1.29, 1.82) is 0 Å². The molecule has 0 aromatic carbocycles. The van der Waals surface area contributed by atoms with Gasteiger partial charge in [-0.05, 0) is 12.3 Å². The van der Waals surface area contributed by atoms with E-state index in [4.69, 9.17) is 10.8 Å². The van der Waals surface area contributed by atoms with Gasteiger partial charge in [-0.2, -0.15) is 0 Å². The lowest BCUT2D eigenvalue weighted by molar-refractivity contribution is -0.144. The molecule has 0 rings (SSSR count). The highest BCUT2D eigenvalue weighted by molar-refractivity contribution is 5.80. The molecule has 13 heavy (non-hydrogen) atoms. The number of hydrogen-bond donors (Lipinski definition) is 2. The zero-order valence-corrected chi connectivity index (χ0v) is 8.12. The molecule has 0 spiro atoms. The number of nitrogens with two attached hydrogens (primary N) is 1. The van der Waals surface area contributed by atoms with Crippen molar-refractivity contribution in [2.45, 2.75) is 33.1 Å². The normalized spacial score (nSPS) is 12.8. The van der Waals surface area contributed by atoms with Crippen molar-refractivity contribution in [3.63, 3.8) is 0 Å². The summed E-state index contributed by atoms with van der Waals surface area (Å²) in [6.45, 7) is 4.03. The summed E-state index contributed by atoms with van der Waals surface area (Å²) in [6, 6.07) is 0. The highest BCUT2D eigenvalue weighted by Crippen LogP contribution is 2.15. The average Bonchev–Trinajstić information content (AvgIpc) is 1.96. The Kier molecular flexibility index (Phi) is 5.11. The Morgan fingerprint density at radius 2 is 1.85 bits per heavy atom. The molecule has 0 aromatic rings. The number of rotatable bonds is 6. The number of primary amides is 1. The molecule has 0 heterocycles. The zero-order chi connectivity index (χ0) is 10.4. The third kappa shape index (κ3) is 6.13. The van der Waals surface area contributed by atoms with Crippen molar-refractivity contribution in [2.24, 2.45) is 17.6 Å². The Balaban J connectivity index is 3.95. The third-order valence-corrected chi connectivity index (χ3v) is 1.89. The van der Waals surface area contributed by atoms with Gasteiger partial charge in [0.05, 0.1) is 5.92 Å². The van der Waals surface area contributed by atoms with Crippen LogP contribution in [0.4, 0.5) is 0 Å². The molecule has 0 bridgehead atoms. The molecule has 0 saturated carbocycles. The Bertz CT molecular complexity index is 189. The lowest BCUT2D eigenvalue weighted by atomic mass is 9.95. The number of hydrogen-bond acceptors (Lipinski definition) is 2. The van der Waals surface area contributed by atoms with Crippen molar-refractivity contribution >= 4 is 11.9 Å². The molecule has 4 heteroatoms. The van der Waals surface area contributed by atoms with Gasteiger partial charge in [0.25, 0.3) is 0 Å². The molecule has 0 fully saturated rings. The fourth-order valence-electron chi connectivity index (χ4n) is 1.09. The Hall–Kier alpha value is -1.06. The Labute approximate surface area is 78.1 Å². The van der Waals surface area contributed by atoms with Crippen LogP contribution in [-0.4, -0.2) is 17.0 Å². The van der Waals surface area contributed by atoms with Gasteiger partial charge in [-0.25, -0.2) is 0 Å². The number of amides is 1. The summed E-state index contributed by atoms with van der Waals surface area (Å²) in [5.41, 5.74) is 4.94. The van der Waals surface area contributed by atoms with Crippen LogP contribution in [0, 0.1) is 11.8 Å². The van der Waals surface area contributed by atoms with Crippen LogP contribution in [0.5, 0.6) is 0 Å². The molecular weight excluding hydrogens is 170 g/mol. The van der Waals surface area contributed by atoms with Gasteiger partial charge in [0.1, 0.15) is 0 Å². The van der Waals surface area contributed by atoms with Crippen molar-refractivity contribution in [1.82, 2.24) is 0 Å². The van der Waals surface area contributed by atoms with Crippen LogP contribution in [-0.2, 0) is 9.59 Å². The van der Waals surface area contributed by atoms with E-state index in [2.05, 4.69) is 0 Å². The van der Waals surface area contributed by atoms with E-state index < -0.39 is 17.8 Å². The largest absolute Gasteiger partial charge is 0.481 e. The molecule has 1 atom stereocenters. The molecule has 1 amide bonds. The van der Waals surface area contributed by atoms with Gasteiger partial charge < -0.3 is 10.8 Å². The monoisotopic (exact) mass is 187 g/mol. The minimum absolute atomic E-state index is 0.0535. The third-order valence-electron chi connectivity index (χ3n) is 1.89. The lowest BCUT2D eigenvalue weighted by Gasteiger charge is -2.11. The predicted octanol–water partition coefficient (Wildman–Crippen LogP) is 0.999. The van der Waals surface area contributed by atoms with Crippen LogP contribution in [0.2, 0.25) is 0 Å². The molecule has 0 aliphatic carbocycles. The van der Waals surface area contributed by atoms with E-state index in [1.54, 1.807) is 0 Å². The molecule has 0 aliphatic heterocycles. The van der Waals surface area contributed by atoms with E-state index in [0.717, 1.165) is 6.42 Å². The van der Waals surface area contributed by atoms with E-state index in [-0.39, 0.29) is 6.42 Å². The number of carboxylic acids is 1. The summed E-state index contributed by atoms with van der Waals surface area (Å²) in [5.74, 6) is -1.63. The summed E-state index contributed by atoms with van der Waals surface area (Å²) in [5, 5.41) is 8.73. The second-order valence-electron chi connectivity index (χ2n) is 3.68. The number of carbonyl (C=O) groups excluding carboxylic acids is 1. The zero-order valence-electron chi connectivity index (χ0n) is 8.12. The van der Waals surface area contributed by atoms with Gasteiger partial charge in [-0.15, -0.1) is 0 Å². The topological polar surface area (TPSA) is 80.4 Å². The summed E-state index contributed by atoms with van der Waals surface area (Å²) in [6.07, 6.45) is 1.28. The van der Waals surface area contributed by atoms with Gasteiger partial charge in [0, 0.05) is 6.42 Å². The average molecular weight is 187 g/mol. The van der Waals surface area contributed by atoms with Crippen molar-refractivity contribution in [3.05, 3.63) is 0 Å². The van der Waals surface area contributed by atoms with Crippen molar-refractivity contribution < 1.29 is 14.7 Å². The Morgan fingerprint density at radius 3 is 2.15 bits per heavy atom. The minimum Gasteiger partial charge on any atom is -0.481 e.